The smallest absolute Gasteiger partial charge is 0.418 e. The van der Waals surface area contributed by atoms with Crippen molar-refractivity contribution in [2.75, 3.05) is 5.32 Å². The predicted octanol–water partition coefficient (Wildman–Crippen LogP) is 6.63. The van der Waals surface area contributed by atoms with Crippen LogP contribution >= 0.6 is 11.3 Å². The molecule has 1 amide bonds. The molecule has 0 saturated carbocycles. The van der Waals surface area contributed by atoms with Crippen LogP contribution in [-0.2, 0) is 0 Å². The lowest BCUT2D eigenvalue weighted by atomic mass is 10.1. The summed E-state index contributed by atoms with van der Waals surface area (Å²) in [6.07, 6.45) is -1.48. The molecule has 1 N–H and O–H groups in total. The number of carbonyl (C=O) groups is 1. The van der Waals surface area contributed by atoms with E-state index in [1.807, 2.05) is 6.07 Å². The number of amides is 1. The van der Waals surface area contributed by atoms with Gasteiger partial charge in [-0.2, -0.15) is 0 Å². The molecule has 0 radical (unpaired) electrons. The Labute approximate surface area is 181 Å². The van der Waals surface area contributed by atoms with Crippen LogP contribution in [0.4, 0.5) is 18.7 Å². The van der Waals surface area contributed by atoms with Crippen molar-refractivity contribution in [3.05, 3.63) is 83.4 Å². The summed E-state index contributed by atoms with van der Waals surface area (Å²) in [7, 11) is 0. The highest BCUT2D eigenvalue weighted by Crippen LogP contribution is 2.32. The van der Waals surface area contributed by atoms with Crippen LogP contribution in [0, 0.1) is 18.6 Å². The third kappa shape index (κ3) is 4.64. The molecule has 31 heavy (non-hydrogen) atoms. The topological polar surface area (TPSA) is 60.5 Å². The van der Waals surface area contributed by atoms with Crippen molar-refractivity contribution in [2.24, 2.45) is 0 Å². The third-order valence-electron chi connectivity index (χ3n) is 4.56. The number of thiazole rings is 1. The minimum atomic E-state index is -0.830. The van der Waals surface area contributed by atoms with E-state index >= 15 is 0 Å². The lowest BCUT2D eigenvalue weighted by Gasteiger charge is -2.17. The summed E-state index contributed by atoms with van der Waals surface area (Å²) in [5.41, 5.74) is 0.881. The molecule has 1 unspecified atom stereocenters. The Kier molecular flexibility index (Phi) is 5.81. The van der Waals surface area contributed by atoms with Crippen molar-refractivity contribution in [3.63, 3.8) is 0 Å². The zero-order chi connectivity index (χ0) is 22.0. The van der Waals surface area contributed by atoms with Gasteiger partial charge in [0.25, 0.3) is 0 Å². The Hall–Kier alpha value is -3.52. The number of anilines is 1. The van der Waals surface area contributed by atoms with E-state index in [0.29, 0.717) is 27.7 Å². The number of aryl methyl sites for hydroxylation is 1. The number of carbonyl (C=O) groups excluding carboxylic acids is 1. The van der Waals surface area contributed by atoms with Crippen LogP contribution < -0.4 is 14.8 Å². The Morgan fingerprint density at radius 2 is 1.84 bits per heavy atom. The van der Waals surface area contributed by atoms with E-state index in [2.05, 4.69) is 10.3 Å². The van der Waals surface area contributed by atoms with Gasteiger partial charge in [-0.25, -0.2) is 18.6 Å². The normalized spacial score (nSPS) is 11.9. The van der Waals surface area contributed by atoms with Crippen LogP contribution in [0.5, 0.6) is 11.5 Å². The van der Waals surface area contributed by atoms with Gasteiger partial charge in [-0.15, -0.1) is 0 Å². The number of hydrogen-bond donors (Lipinski definition) is 1. The van der Waals surface area contributed by atoms with Crippen LogP contribution in [-0.4, -0.2) is 11.1 Å². The fourth-order valence-corrected chi connectivity index (χ4v) is 3.93. The van der Waals surface area contributed by atoms with E-state index in [1.54, 1.807) is 56.3 Å². The van der Waals surface area contributed by atoms with Crippen molar-refractivity contribution < 1.29 is 23.0 Å². The van der Waals surface area contributed by atoms with Gasteiger partial charge >= 0.3 is 6.09 Å². The molecular formula is C23H18F2N2O3S. The molecular weight excluding hydrogens is 422 g/mol. The molecule has 3 aromatic carbocycles. The second-order valence-corrected chi connectivity index (χ2v) is 7.86. The van der Waals surface area contributed by atoms with E-state index in [9.17, 15) is 13.6 Å². The summed E-state index contributed by atoms with van der Waals surface area (Å²) in [6.45, 7) is 3.16. The summed E-state index contributed by atoms with van der Waals surface area (Å²) in [5.74, 6) is -0.420. The number of halogens is 2. The molecule has 4 aromatic rings. The minimum Gasteiger partial charge on any atom is -0.486 e. The first-order valence-electron chi connectivity index (χ1n) is 9.46. The lowest BCUT2D eigenvalue weighted by molar-refractivity contribution is 0.214. The Morgan fingerprint density at radius 1 is 1.06 bits per heavy atom. The van der Waals surface area contributed by atoms with Crippen LogP contribution in [0.3, 0.4) is 0 Å². The number of para-hydroxylation sites is 1. The number of hydrogen-bond acceptors (Lipinski definition) is 5. The first-order chi connectivity index (χ1) is 14.9. The van der Waals surface area contributed by atoms with Gasteiger partial charge in [0.1, 0.15) is 29.2 Å². The molecule has 5 nitrogen and oxygen atoms in total. The molecule has 0 aliphatic rings. The molecule has 0 spiro atoms. The number of nitrogens with zero attached hydrogens (tertiary/aromatic N) is 1. The predicted molar refractivity (Wildman–Crippen MR) is 116 cm³/mol. The third-order valence-corrected chi connectivity index (χ3v) is 5.50. The monoisotopic (exact) mass is 440 g/mol. The minimum absolute atomic E-state index is 0.115. The number of benzene rings is 3. The second kappa shape index (κ2) is 8.69. The van der Waals surface area contributed by atoms with Gasteiger partial charge in [0.15, 0.2) is 5.13 Å². The fraction of sp³-hybridized carbons (Fsp3) is 0.130. The van der Waals surface area contributed by atoms with Crippen molar-refractivity contribution in [1.82, 2.24) is 4.98 Å². The Balaban J connectivity index is 1.49. The standard InChI is InChI=1S/C23H18F2N2O3S/c1-13-8-10-17(24)20(21(13)25)14(2)29-16-9-11-18-19(12-16)31-22(26-18)27-23(28)30-15-6-4-3-5-7-15/h3-12,14H,1-2H3,(H,26,27,28). The molecule has 4 rings (SSSR count). The van der Waals surface area contributed by atoms with Gasteiger partial charge in [-0.1, -0.05) is 35.6 Å². The second-order valence-electron chi connectivity index (χ2n) is 6.83. The van der Waals surface area contributed by atoms with Crippen molar-refractivity contribution >= 4 is 32.8 Å². The SMILES string of the molecule is Cc1ccc(F)c(C(C)Oc2ccc3nc(NC(=O)Oc4ccccc4)sc3c2)c1F. The van der Waals surface area contributed by atoms with E-state index < -0.39 is 23.8 Å². The molecule has 0 fully saturated rings. The van der Waals surface area contributed by atoms with Gasteiger partial charge in [0, 0.05) is 0 Å². The van der Waals surface area contributed by atoms with Crippen molar-refractivity contribution in [3.8, 4) is 11.5 Å². The molecule has 1 atom stereocenters. The number of aromatic nitrogens is 1. The van der Waals surface area contributed by atoms with E-state index in [0.717, 1.165) is 4.70 Å². The molecule has 8 heteroatoms. The summed E-state index contributed by atoms with van der Waals surface area (Å²) >= 11 is 1.23. The maximum Gasteiger partial charge on any atom is 0.418 e. The first kappa shape index (κ1) is 20.7. The number of rotatable bonds is 5. The Bertz CT molecular complexity index is 1240. The van der Waals surface area contributed by atoms with Gasteiger partial charge < -0.3 is 9.47 Å². The van der Waals surface area contributed by atoms with Crippen molar-refractivity contribution in [2.45, 2.75) is 20.0 Å². The van der Waals surface area contributed by atoms with Crippen LogP contribution in [0.1, 0.15) is 24.2 Å². The summed E-state index contributed by atoms with van der Waals surface area (Å²) < 4.78 is 40.2. The van der Waals surface area contributed by atoms with Gasteiger partial charge in [-0.3, -0.25) is 5.32 Å². The van der Waals surface area contributed by atoms with Gasteiger partial charge in [0.2, 0.25) is 0 Å². The van der Waals surface area contributed by atoms with E-state index in [1.165, 1.54) is 23.5 Å². The largest absolute Gasteiger partial charge is 0.486 e. The molecule has 0 saturated heterocycles. The number of fused-ring (bicyclic) bond motifs is 1. The van der Waals surface area contributed by atoms with Crippen LogP contribution in [0.15, 0.2) is 60.7 Å². The maximum absolute atomic E-state index is 14.4. The average molecular weight is 440 g/mol. The highest BCUT2D eigenvalue weighted by molar-refractivity contribution is 7.22. The molecule has 0 aliphatic heterocycles. The average Bonchev–Trinajstić information content (AvgIpc) is 3.13. The first-order valence-corrected chi connectivity index (χ1v) is 10.3. The van der Waals surface area contributed by atoms with Crippen LogP contribution in [0.25, 0.3) is 10.2 Å². The van der Waals surface area contributed by atoms with E-state index in [-0.39, 0.29) is 5.56 Å². The molecule has 1 heterocycles. The summed E-state index contributed by atoms with van der Waals surface area (Å²) in [5, 5.41) is 2.95. The molecule has 0 bridgehead atoms. The van der Waals surface area contributed by atoms with Crippen molar-refractivity contribution in [1.29, 1.82) is 0 Å². The summed E-state index contributed by atoms with van der Waals surface area (Å²) in [6, 6.07) is 16.4. The number of nitrogens with one attached hydrogen (secondary N) is 1. The number of ether oxygens (including phenoxy) is 2. The van der Waals surface area contributed by atoms with E-state index in [4.69, 9.17) is 9.47 Å². The van der Waals surface area contributed by atoms with Gasteiger partial charge in [0.05, 0.1) is 15.8 Å². The summed E-state index contributed by atoms with van der Waals surface area (Å²) in [4.78, 5) is 16.4. The Morgan fingerprint density at radius 3 is 2.61 bits per heavy atom. The quantitative estimate of drug-likeness (QED) is 0.378. The zero-order valence-electron chi connectivity index (χ0n) is 16.7. The highest BCUT2D eigenvalue weighted by atomic mass is 32.1. The molecule has 0 aliphatic carbocycles. The molecule has 1 aromatic heterocycles. The molecule has 158 valence electrons. The lowest BCUT2D eigenvalue weighted by Crippen LogP contribution is -2.16. The maximum atomic E-state index is 14.4. The van der Waals surface area contributed by atoms with Crippen LogP contribution in [0.2, 0.25) is 0 Å². The zero-order valence-corrected chi connectivity index (χ0v) is 17.5. The van der Waals surface area contributed by atoms with Gasteiger partial charge in [-0.05, 0) is 55.8 Å². The fourth-order valence-electron chi connectivity index (χ4n) is 3.05. The highest BCUT2D eigenvalue weighted by Gasteiger charge is 2.20.